The van der Waals surface area contributed by atoms with E-state index < -0.39 is 0 Å². The highest BCUT2D eigenvalue weighted by Crippen LogP contribution is 2.49. The van der Waals surface area contributed by atoms with Crippen molar-refractivity contribution in [1.82, 2.24) is 4.90 Å². The van der Waals surface area contributed by atoms with Crippen molar-refractivity contribution in [2.24, 2.45) is 23.7 Å². The molecule has 0 N–H and O–H groups in total. The number of rotatable bonds is 0. The first-order valence-electron chi connectivity index (χ1n) is 5.20. The monoisotopic (exact) mass is 191 g/mol. The molecule has 2 fully saturated rings. The van der Waals surface area contributed by atoms with Crippen LogP contribution >= 0.6 is 0 Å². The third-order valence-corrected chi connectivity index (χ3v) is 4.00. The van der Waals surface area contributed by atoms with Crippen LogP contribution in [0.5, 0.6) is 0 Å². The van der Waals surface area contributed by atoms with Crippen LogP contribution in [-0.4, -0.2) is 23.8 Å². The molecule has 1 saturated carbocycles. The summed E-state index contributed by atoms with van der Waals surface area (Å²) in [6.45, 7) is 0. The van der Waals surface area contributed by atoms with Crippen LogP contribution in [0.25, 0.3) is 0 Å². The topological polar surface area (TPSA) is 37.4 Å². The molecule has 3 nitrogen and oxygen atoms in total. The molecule has 0 spiro atoms. The van der Waals surface area contributed by atoms with Crippen LogP contribution in [0, 0.1) is 23.7 Å². The molecule has 3 rings (SSSR count). The van der Waals surface area contributed by atoms with Crippen molar-refractivity contribution in [3.63, 3.8) is 0 Å². The van der Waals surface area contributed by atoms with Crippen LogP contribution in [0.1, 0.15) is 12.8 Å². The first-order valence-corrected chi connectivity index (χ1v) is 5.20. The lowest BCUT2D eigenvalue weighted by molar-refractivity contribution is -0.138. The lowest BCUT2D eigenvalue weighted by Gasteiger charge is -2.39. The molecule has 3 aliphatic rings. The molecule has 4 atom stereocenters. The molecule has 2 amide bonds. The maximum absolute atomic E-state index is 11.8. The summed E-state index contributed by atoms with van der Waals surface area (Å²) in [6, 6.07) is 0. The van der Waals surface area contributed by atoms with E-state index in [2.05, 4.69) is 12.2 Å². The van der Waals surface area contributed by atoms with Crippen molar-refractivity contribution >= 4 is 11.8 Å². The van der Waals surface area contributed by atoms with Crippen molar-refractivity contribution in [3.8, 4) is 0 Å². The Kier molecular flexibility index (Phi) is 1.45. The van der Waals surface area contributed by atoms with Crippen LogP contribution in [0.3, 0.4) is 0 Å². The number of amides is 2. The van der Waals surface area contributed by atoms with E-state index in [-0.39, 0.29) is 23.7 Å². The third-order valence-electron chi connectivity index (χ3n) is 4.00. The molecule has 3 heteroatoms. The van der Waals surface area contributed by atoms with E-state index in [4.69, 9.17) is 0 Å². The summed E-state index contributed by atoms with van der Waals surface area (Å²) in [5.41, 5.74) is 0. The summed E-state index contributed by atoms with van der Waals surface area (Å²) >= 11 is 0. The molecule has 0 radical (unpaired) electrons. The lowest BCUT2D eigenvalue weighted by Crippen LogP contribution is -2.38. The Hall–Kier alpha value is -1.12. The molecular weight excluding hydrogens is 178 g/mol. The summed E-state index contributed by atoms with van der Waals surface area (Å²) in [5.74, 6) is 0.961. The Morgan fingerprint density at radius 2 is 2.00 bits per heavy atom. The predicted molar refractivity (Wildman–Crippen MR) is 50.1 cm³/mol. The van der Waals surface area contributed by atoms with Gasteiger partial charge in [0.15, 0.2) is 0 Å². The van der Waals surface area contributed by atoms with Gasteiger partial charge in [-0.15, -0.1) is 0 Å². The second-order valence-electron chi connectivity index (χ2n) is 4.57. The molecule has 1 aliphatic heterocycles. The molecule has 0 aromatic heterocycles. The summed E-state index contributed by atoms with van der Waals surface area (Å²) in [5, 5.41) is 0. The Balaban J connectivity index is 1.98. The number of fused-ring (bicyclic) bond motifs is 3. The average Bonchev–Trinajstić information content (AvgIpc) is 2.32. The van der Waals surface area contributed by atoms with Crippen molar-refractivity contribution in [1.29, 1.82) is 0 Å². The average molecular weight is 191 g/mol. The molecule has 1 saturated heterocycles. The fraction of sp³-hybridized carbons (Fsp3) is 0.636. The van der Waals surface area contributed by atoms with Gasteiger partial charge in [0.25, 0.3) is 0 Å². The van der Waals surface area contributed by atoms with Crippen LogP contribution in [0.15, 0.2) is 12.2 Å². The number of hydrogen-bond donors (Lipinski definition) is 0. The van der Waals surface area contributed by atoms with Gasteiger partial charge in [0, 0.05) is 7.05 Å². The van der Waals surface area contributed by atoms with E-state index in [0.29, 0.717) is 11.8 Å². The smallest absolute Gasteiger partial charge is 0.233 e. The number of imide groups is 1. The molecule has 74 valence electrons. The van der Waals surface area contributed by atoms with E-state index in [9.17, 15) is 9.59 Å². The van der Waals surface area contributed by atoms with Gasteiger partial charge in [0.2, 0.25) is 11.8 Å². The quantitative estimate of drug-likeness (QED) is 0.420. The van der Waals surface area contributed by atoms with E-state index >= 15 is 0 Å². The lowest BCUT2D eigenvalue weighted by atomic mass is 9.62. The molecule has 1 heterocycles. The first-order chi connectivity index (χ1) is 6.70. The minimum Gasteiger partial charge on any atom is -0.285 e. The van der Waals surface area contributed by atoms with E-state index in [1.54, 1.807) is 7.05 Å². The Labute approximate surface area is 82.8 Å². The van der Waals surface area contributed by atoms with E-state index in [1.807, 2.05) is 0 Å². The zero-order valence-corrected chi connectivity index (χ0v) is 8.14. The maximum atomic E-state index is 11.8. The van der Waals surface area contributed by atoms with Gasteiger partial charge in [0.05, 0.1) is 11.8 Å². The fourth-order valence-corrected chi connectivity index (χ4v) is 3.09. The van der Waals surface area contributed by atoms with Gasteiger partial charge in [-0.05, 0) is 24.7 Å². The highest BCUT2D eigenvalue weighted by molar-refractivity contribution is 6.05. The Morgan fingerprint density at radius 1 is 1.21 bits per heavy atom. The minimum atomic E-state index is -0.0313. The van der Waals surface area contributed by atoms with Gasteiger partial charge in [0.1, 0.15) is 0 Å². The normalized spacial score (nSPS) is 44.8. The molecule has 4 unspecified atom stereocenters. The fourth-order valence-electron chi connectivity index (χ4n) is 3.09. The largest absolute Gasteiger partial charge is 0.285 e. The van der Waals surface area contributed by atoms with Gasteiger partial charge in [-0.25, -0.2) is 0 Å². The Morgan fingerprint density at radius 3 is 2.64 bits per heavy atom. The first kappa shape index (κ1) is 8.21. The molecule has 0 bridgehead atoms. The van der Waals surface area contributed by atoms with Gasteiger partial charge >= 0.3 is 0 Å². The number of nitrogens with zero attached hydrogens (tertiary/aromatic N) is 1. The second kappa shape index (κ2) is 2.47. The Bertz CT molecular complexity index is 347. The van der Waals surface area contributed by atoms with Crippen LogP contribution < -0.4 is 0 Å². The number of carbonyl (C=O) groups is 2. The molecule has 0 aromatic rings. The summed E-state index contributed by atoms with van der Waals surface area (Å²) in [7, 11) is 1.61. The highest BCUT2D eigenvalue weighted by Gasteiger charge is 2.54. The van der Waals surface area contributed by atoms with Gasteiger partial charge < -0.3 is 0 Å². The summed E-state index contributed by atoms with van der Waals surface area (Å²) in [4.78, 5) is 24.8. The van der Waals surface area contributed by atoms with E-state index in [0.717, 1.165) is 12.8 Å². The zero-order valence-electron chi connectivity index (χ0n) is 8.14. The van der Waals surface area contributed by atoms with Gasteiger partial charge in [-0.3, -0.25) is 14.5 Å². The van der Waals surface area contributed by atoms with Gasteiger partial charge in [-0.1, -0.05) is 12.2 Å². The second-order valence-corrected chi connectivity index (χ2v) is 4.57. The van der Waals surface area contributed by atoms with Crippen LogP contribution in [0.4, 0.5) is 0 Å². The van der Waals surface area contributed by atoms with E-state index in [1.165, 1.54) is 4.90 Å². The molecule has 0 aromatic carbocycles. The highest BCUT2D eigenvalue weighted by atomic mass is 16.2. The maximum Gasteiger partial charge on any atom is 0.233 e. The van der Waals surface area contributed by atoms with Crippen LogP contribution in [0.2, 0.25) is 0 Å². The van der Waals surface area contributed by atoms with Gasteiger partial charge in [-0.2, -0.15) is 0 Å². The molecule has 14 heavy (non-hydrogen) atoms. The number of hydrogen-bond acceptors (Lipinski definition) is 2. The molecular formula is C11H13NO2. The van der Waals surface area contributed by atoms with Crippen LogP contribution in [-0.2, 0) is 9.59 Å². The SMILES string of the molecule is CN1C(=O)C2CCC3C=CC3C2C1=O. The van der Waals surface area contributed by atoms with Crippen molar-refractivity contribution in [3.05, 3.63) is 12.2 Å². The number of likely N-dealkylation sites (tertiary alicyclic amines) is 1. The number of carbonyl (C=O) groups excluding carboxylic acids is 2. The summed E-state index contributed by atoms with van der Waals surface area (Å²) < 4.78 is 0. The summed E-state index contributed by atoms with van der Waals surface area (Å²) in [6.07, 6.45) is 6.25. The standard InChI is InChI=1S/C11H13NO2/c1-12-10(13)8-5-3-6-2-4-7(6)9(8)11(12)14/h2,4,6-9H,3,5H2,1H3. The third kappa shape index (κ3) is 0.781. The number of allylic oxidation sites excluding steroid dienone is 2. The van der Waals surface area contributed by atoms with Crippen molar-refractivity contribution < 1.29 is 9.59 Å². The van der Waals surface area contributed by atoms with Crippen molar-refractivity contribution in [2.45, 2.75) is 12.8 Å². The predicted octanol–water partition coefficient (Wildman–Crippen LogP) is 0.813. The van der Waals surface area contributed by atoms with Crippen molar-refractivity contribution in [2.75, 3.05) is 7.05 Å². The molecule has 2 aliphatic carbocycles. The minimum absolute atomic E-state index is 0.0151. The zero-order chi connectivity index (χ0) is 9.87.